The maximum Gasteiger partial charge on any atom is 0.214 e. The van der Waals surface area contributed by atoms with E-state index >= 15 is 0 Å². The van der Waals surface area contributed by atoms with Gasteiger partial charge in [0.15, 0.2) is 11.6 Å². The summed E-state index contributed by atoms with van der Waals surface area (Å²) in [4.78, 5) is 5.96. The Morgan fingerprint density at radius 3 is 2.45 bits per heavy atom. The summed E-state index contributed by atoms with van der Waals surface area (Å²) in [7, 11) is 0. The summed E-state index contributed by atoms with van der Waals surface area (Å²) in [6.45, 7) is 1.59. The lowest BCUT2D eigenvalue weighted by atomic mass is 9.90. The van der Waals surface area contributed by atoms with E-state index in [0.717, 1.165) is 37.9 Å². The Morgan fingerprint density at radius 2 is 1.77 bits per heavy atom. The lowest BCUT2D eigenvalue weighted by Crippen LogP contribution is -2.34. The molecule has 22 heavy (non-hydrogen) atoms. The third-order valence-corrected chi connectivity index (χ3v) is 4.15. The number of nitrogens with zero attached hydrogens (tertiary/aromatic N) is 2. The molecule has 0 spiro atoms. The van der Waals surface area contributed by atoms with Crippen molar-refractivity contribution in [1.82, 2.24) is 4.98 Å². The standard InChI is InChI=1S/C17H17F3N2/c18-14-5-4-13(11-15(14)19)10-12-6-8-22(9-7-12)17-3-1-2-16(20)21-17/h1-5,11-12H,6-10H2. The number of benzene rings is 1. The van der Waals surface area contributed by atoms with Gasteiger partial charge in [-0.25, -0.2) is 13.8 Å². The second-order valence-electron chi connectivity index (χ2n) is 5.70. The van der Waals surface area contributed by atoms with Crippen LogP contribution in [0.1, 0.15) is 18.4 Å². The van der Waals surface area contributed by atoms with Gasteiger partial charge in [-0.3, -0.25) is 0 Å². The highest BCUT2D eigenvalue weighted by atomic mass is 19.2. The van der Waals surface area contributed by atoms with Crippen LogP contribution in [0.2, 0.25) is 0 Å². The average molecular weight is 306 g/mol. The minimum atomic E-state index is -0.809. The van der Waals surface area contributed by atoms with Gasteiger partial charge in [-0.15, -0.1) is 0 Å². The minimum absolute atomic E-state index is 0.426. The van der Waals surface area contributed by atoms with E-state index < -0.39 is 17.6 Å². The van der Waals surface area contributed by atoms with Crippen LogP contribution in [0.5, 0.6) is 0 Å². The maximum atomic E-state index is 13.2. The molecule has 0 aliphatic carbocycles. The molecule has 0 N–H and O–H groups in total. The quantitative estimate of drug-likeness (QED) is 0.798. The first-order valence-electron chi connectivity index (χ1n) is 7.43. The fraction of sp³-hybridized carbons (Fsp3) is 0.353. The van der Waals surface area contributed by atoms with Gasteiger partial charge in [0.05, 0.1) is 0 Å². The summed E-state index contributed by atoms with van der Waals surface area (Å²) in [6, 6.07) is 8.88. The molecule has 2 heterocycles. The van der Waals surface area contributed by atoms with Crippen molar-refractivity contribution < 1.29 is 13.2 Å². The highest BCUT2D eigenvalue weighted by molar-refractivity contribution is 5.38. The van der Waals surface area contributed by atoms with Crippen molar-refractivity contribution in [2.24, 2.45) is 5.92 Å². The molecule has 1 aliphatic heterocycles. The molecular formula is C17H17F3N2. The van der Waals surface area contributed by atoms with Crippen molar-refractivity contribution in [3.63, 3.8) is 0 Å². The molecule has 116 valence electrons. The van der Waals surface area contributed by atoms with Gasteiger partial charge in [-0.05, 0) is 55.0 Å². The summed E-state index contributed by atoms with van der Waals surface area (Å²) >= 11 is 0. The van der Waals surface area contributed by atoms with Crippen LogP contribution >= 0.6 is 0 Å². The molecule has 0 amide bonds. The van der Waals surface area contributed by atoms with E-state index in [1.165, 1.54) is 18.2 Å². The molecule has 1 aromatic carbocycles. The van der Waals surface area contributed by atoms with Gasteiger partial charge in [-0.2, -0.15) is 4.39 Å². The molecule has 2 nitrogen and oxygen atoms in total. The molecule has 1 aliphatic rings. The van der Waals surface area contributed by atoms with E-state index in [2.05, 4.69) is 9.88 Å². The van der Waals surface area contributed by atoms with E-state index in [0.29, 0.717) is 11.7 Å². The van der Waals surface area contributed by atoms with Gasteiger partial charge < -0.3 is 4.90 Å². The summed E-state index contributed by atoms with van der Waals surface area (Å²) in [5.74, 6) is -0.989. The van der Waals surface area contributed by atoms with Crippen molar-refractivity contribution in [3.05, 3.63) is 59.5 Å². The van der Waals surface area contributed by atoms with Crippen LogP contribution in [0.15, 0.2) is 36.4 Å². The van der Waals surface area contributed by atoms with Crippen LogP contribution in [-0.2, 0) is 6.42 Å². The number of aromatic nitrogens is 1. The Morgan fingerprint density at radius 1 is 1.00 bits per heavy atom. The zero-order chi connectivity index (χ0) is 15.5. The Hall–Kier alpha value is -2.04. The van der Waals surface area contributed by atoms with Gasteiger partial charge >= 0.3 is 0 Å². The maximum absolute atomic E-state index is 13.2. The van der Waals surface area contributed by atoms with Crippen LogP contribution < -0.4 is 4.90 Å². The topological polar surface area (TPSA) is 16.1 Å². The smallest absolute Gasteiger partial charge is 0.214 e. The number of piperidine rings is 1. The molecule has 0 atom stereocenters. The van der Waals surface area contributed by atoms with Crippen molar-refractivity contribution >= 4 is 5.82 Å². The van der Waals surface area contributed by atoms with Crippen LogP contribution in [0.3, 0.4) is 0 Å². The zero-order valence-electron chi connectivity index (χ0n) is 12.1. The summed E-state index contributed by atoms with van der Waals surface area (Å²) in [6.07, 6.45) is 2.59. The largest absolute Gasteiger partial charge is 0.357 e. The zero-order valence-corrected chi connectivity index (χ0v) is 12.1. The number of rotatable bonds is 3. The van der Waals surface area contributed by atoms with E-state index in [9.17, 15) is 13.2 Å². The van der Waals surface area contributed by atoms with Crippen molar-refractivity contribution in [3.8, 4) is 0 Å². The first kappa shape index (κ1) is 14.9. The number of hydrogen-bond acceptors (Lipinski definition) is 2. The van der Waals surface area contributed by atoms with E-state index in [1.54, 1.807) is 18.2 Å². The summed E-state index contributed by atoms with van der Waals surface area (Å²) < 4.78 is 39.3. The molecule has 0 bridgehead atoms. The second kappa shape index (κ2) is 6.38. The SMILES string of the molecule is Fc1cccc(N2CCC(Cc3ccc(F)c(F)c3)CC2)n1. The molecule has 3 rings (SSSR count). The predicted octanol–water partition coefficient (Wildman–Crippen LogP) is 3.96. The third kappa shape index (κ3) is 3.40. The molecule has 0 saturated carbocycles. The molecule has 1 saturated heterocycles. The number of pyridine rings is 1. The van der Waals surface area contributed by atoms with Gasteiger partial charge in [0.1, 0.15) is 5.82 Å². The molecular weight excluding hydrogens is 289 g/mol. The van der Waals surface area contributed by atoms with Crippen molar-refractivity contribution in [2.75, 3.05) is 18.0 Å². The van der Waals surface area contributed by atoms with Gasteiger partial charge in [0.25, 0.3) is 0 Å². The predicted molar refractivity (Wildman–Crippen MR) is 79.2 cm³/mol. The Balaban J connectivity index is 1.58. The first-order chi connectivity index (χ1) is 10.6. The molecule has 0 unspecified atom stereocenters. The second-order valence-corrected chi connectivity index (χ2v) is 5.70. The average Bonchev–Trinajstić information content (AvgIpc) is 2.52. The highest BCUT2D eigenvalue weighted by Gasteiger charge is 2.21. The fourth-order valence-electron chi connectivity index (χ4n) is 2.94. The third-order valence-electron chi connectivity index (χ3n) is 4.15. The summed E-state index contributed by atoms with van der Waals surface area (Å²) in [5.41, 5.74) is 0.821. The molecule has 2 aromatic rings. The Labute approximate surface area is 127 Å². The monoisotopic (exact) mass is 306 g/mol. The van der Waals surface area contributed by atoms with E-state index in [-0.39, 0.29) is 0 Å². The number of anilines is 1. The summed E-state index contributed by atoms with van der Waals surface area (Å²) in [5, 5.41) is 0. The highest BCUT2D eigenvalue weighted by Crippen LogP contribution is 2.25. The lowest BCUT2D eigenvalue weighted by molar-refractivity contribution is 0.400. The Kier molecular flexibility index (Phi) is 4.32. The fourth-order valence-corrected chi connectivity index (χ4v) is 2.94. The normalized spacial score (nSPS) is 16.0. The van der Waals surface area contributed by atoms with Crippen LogP contribution in [-0.4, -0.2) is 18.1 Å². The van der Waals surface area contributed by atoms with Gasteiger partial charge in [-0.1, -0.05) is 12.1 Å². The van der Waals surface area contributed by atoms with E-state index in [4.69, 9.17) is 0 Å². The molecule has 1 aromatic heterocycles. The first-order valence-corrected chi connectivity index (χ1v) is 7.43. The number of hydrogen-bond donors (Lipinski definition) is 0. The molecule has 5 heteroatoms. The van der Waals surface area contributed by atoms with E-state index in [1.807, 2.05) is 0 Å². The number of halogens is 3. The van der Waals surface area contributed by atoms with Gasteiger partial charge in [0, 0.05) is 13.1 Å². The van der Waals surface area contributed by atoms with Crippen LogP contribution in [0.25, 0.3) is 0 Å². The van der Waals surface area contributed by atoms with Gasteiger partial charge in [0.2, 0.25) is 5.95 Å². The molecule has 0 radical (unpaired) electrons. The van der Waals surface area contributed by atoms with Crippen LogP contribution in [0, 0.1) is 23.5 Å². The minimum Gasteiger partial charge on any atom is -0.357 e. The molecule has 1 fully saturated rings. The Bertz CT molecular complexity index is 652. The van der Waals surface area contributed by atoms with Crippen molar-refractivity contribution in [2.45, 2.75) is 19.3 Å². The van der Waals surface area contributed by atoms with Crippen LogP contribution in [0.4, 0.5) is 19.0 Å². The lowest BCUT2D eigenvalue weighted by Gasteiger charge is -2.32. The van der Waals surface area contributed by atoms with Crippen molar-refractivity contribution in [1.29, 1.82) is 0 Å².